The fourth-order valence-electron chi connectivity index (χ4n) is 2.57. The van der Waals surface area contributed by atoms with E-state index < -0.39 is 5.41 Å². The average molecular weight is 275 g/mol. The van der Waals surface area contributed by atoms with Gasteiger partial charge in [-0.15, -0.1) is 0 Å². The van der Waals surface area contributed by atoms with Crippen molar-refractivity contribution in [2.75, 3.05) is 6.54 Å². The molecule has 0 spiro atoms. The molecule has 5 heteroatoms. The summed E-state index contributed by atoms with van der Waals surface area (Å²) in [7, 11) is 0. The first-order valence-corrected chi connectivity index (χ1v) is 6.87. The lowest BCUT2D eigenvalue weighted by Gasteiger charge is -2.36. The van der Waals surface area contributed by atoms with Crippen LogP contribution in [-0.4, -0.2) is 28.4 Å². The number of fused-ring (bicyclic) bond motifs is 1. The minimum absolute atomic E-state index is 0.0242. The van der Waals surface area contributed by atoms with E-state index in [9.17, 15) is 4.79 Å². The van der Waals surface area contributed by atoms with E-state index in [-0.39, 0.29) is 11.7 Å². The van der Waals surface area contributed by atoms with Gasteiger partial charge in [-0.3, -0.25) is 4.79 Å². The quantitative estimate of drug-likeness (QED) is 0.381. The van der Waals surface area contributed by atoms with Crippen molar-refractivity contribution >= 4 is 11.7 Å². The predicted octanol–water partition coefficient (Wildman–Crippen LogP) is 1.73. The van der Waals surface area contributed by atoms with Crippen LogP contribution in [0.3, 0.4) is 0 Å². The first kappa shape index (κ1) is 14.4. The molecule has 0 saturated heterocycles. The SMILES string of the molecule is CCC(C)(C(=O)N1CCc2ccccc2C1)/C(N)=N/O. The Hall–Kier alpha value is -2.04. The molecule has 108 valence electrons. The number of nitrogens with zero attached hydrogens (tertiary/aromatic N) is 2. The third-order valence-corrected chi connectivity index (χ3v) is 4.27. The zero-order valence-electron chi connectivity index (χ0n) is 12.0. The summed E-state index contributed by atoms with van der Waals surface area (Å²) in [4.78, 5) is 14.5. The molecule has 0 bridgehead atoms. The summed E-state index contributed by atoms with van der Waals surface area (Å²) in [5.41, 5.74) is 7.23. The summed E-state index contributed by atoms with van der Waals surface area (Å²) in [5.74, 6) is -0.103. The van der Waals surface area contributed by atoms with Crippen molar-refractivity contribution in [3.05, 3.63) is 35.4 Å². The van der Waals surface area contributed by atoms with Gasteiger partial charge in [0.05, 0.1) is 0 Å². The molecule has 20 heavy (non-hydrogen) atoms. The van der Waals surface area contributed by atoms with Crippen LogP contribution in [0.2, 0.25) is 0 Å². The second-order valence-corrected chi connectivity index (χ2v) is 5.42. The normalized spacial score (nSPS) is 18.3. The number of nitrogens with two attached hydrogens (primary N) is 1. The number of carbonyl (C=O) groups is 1. The summed E-state index contributed by atoms with van der Waals surface area (Å²) in [6, 6.07) is 8.14. The second kappa shape index (κ2) is 5.53. The Morgan fingerprint density at radius 1 is 1.45 bits per heavy atom. The summed E-state index contributed by atoms with van der Waals surface area (Å²) in [5, 5.41) is 11.9. The number of carbonyl (C=O) groups excluding carboxylic acids is 1. The summed E-state index contributed by atoms with van der Waals surface area (Å²) < 4.78 is 0. The molecule has 1 unspecified atom stereocenters. The van der Waals surface area contributed by atoms with Crippen LogP contribution in [0.1, 0.15) is 31.4 Å². The van der Waals surface area contributed by atoms with Gasteiger partial charge in [-0.1, -0.05) is 36.3 Å². The molecular weight excluding hydrogens is 254 g/mol. The Bertz CT molecular complexity index is 542. The Labute approximate surface area is 119 Å². The molecular formula is C15H21N3O2. The molecule has 1 amide bonds. The maximum absolute atomic E-state index is 12.7. The summed E-state index contributed by atoms with van der Waals surface area (Å²) in [6.45, 7) is 4.85. The first-order valence-electron chi connectivity index (χ1n) is 6.87. The van der Waals surface area contributed by atoms with Crippen molar-refractivity contribution in [1.82, 2.24) is 4.90 Å². The molecule has 0 saturated carbocycles. The Morgan fingerprint density at radius 3 is 2.70 bits per heavy atom. The maximum Gasteiger partial charge on any atom is 0.236 e. The van der Waals surface area contributed by atoms with Crippen LogP contribution >= 0.6 is 0 Å². The highest BCUT2D eigenvalue weighted by Crippen LogP contribution is 2.28. The van der Waals surface area contributed by atoms with Crippen LogP contribution in [0.25, 0.3) is 0 Å². The van der Waals surface area contributed by atoms with E-state index in [4.69, 9.17) is 10.9 Å². The highest BCUT2D eigenvalue weighted by molar-refractivity contribution is 6.06. The zero-order valence-corrected chi connectivity index (χ0v) is 12.0. The van der Waals surface area contributed by atoms with E-state index in [1.54, 1.807) is 11.8 Å². The van der Waals surface area contributed by atoms with Gasteiger partial charge in [-0.05, 0) is 30.9 Å². The van der Waals surface area contributed by atoms with Crippen molar-refractivity contribution in [2.45, 2.75) is 33.2 Å². The van der Waals surface area contributed by atoms with Crippen molar-refractivity contribution < 1.29 is 10.0 Å². The minimum Gasteiger partial charge on any atom is -0.409 e. The minimum atomic E-state index is -0.943. The highest BCUT2D eigenvalue weighted by Gasteiger charge is 2.40. The van der Waals surface area contributed by atoms with Gasteiger partial charge >= 0.3 is 0 Å². The van der Waals surface area contributed by atoms with E-state index in [0.29, 0.717) is 19.5 Å². The number of amides is 1. The Balaban J connectivity index is 2.23. The standard InChI is InChI=1S/C15H21N3O2/c1-3-15(2,13(16)17-20)14(19)18-9-8-11-6-4-5-7-12(11)10-18/h4-7,20H,3,8-10H2,1-2H3,(H2,16,17). The van der Waals surface area contributed by atoms with Gasteiger partial charge in [0.15, 0.2) is 5.84 Å². The van der Waals surface area contributed by atoms with Crippen LogP contribution in [0.15, 0.2) is 29.4 Å². The van der Waals surface area contributed by atoms with E-state index in [1.807, 2.05) is 25.1 Å². The molecule has 1 aliphatic rings. The number of hydrogen-bond donors (Lipinski definition) is 2. The first-order chi connectivity index (χ1) is 9.52. The summed E-state index contributed by atoms with van der Waals surface area (Å²) in [6.07, 6.45) is 1.34. The molecule has 0 aliphatic carbocycles. The van der Waals surface area contributed by atoms with Gasteiger partial charge in [-0.2, -0.15) is 0 Å². The smallest absolute Gasteiger partial charge is 0.236 e. The number of rotatable bonds is 3. The molecule has 5 nitrogen and oxygen atoms in total. The van der Waals surface area contributed by atoms with Gasteiger partial charge < -0.3 is 15.8 Å². The number of oxime groups is 1. The van der Waals surface area contributed by atoms with Gasteiger partial charge in [0, 0.05) is 13.1 Å². The van der Waals surface area contributed by atoms with Crippen LogP contribution in [-0.2, 0) is 17.8 Å². The van der Waals surface area contributed by atoms with Crippen LogP contribution in [0.4, 0.5) is 0 Å². The molecule has 1 aliphatic heterocycles. The van der Waals surface area contributed by atoms with E-state index in [2.05, 4.69) is 11.2 Å². The largest absolute Gasteiger partial charge is 0.409 e. The molecule has 1 heterocycles. The third-order valence-electron chi connectivity index (χ3n) is 4.27. The topological polar surface area (TPSA) is 78.9 Å². The van der Waals surface area contributed by atoms with Gasteiger partial charge in [0.2, 0.25) is 5.91 Å². The number of benzene rings is 1. The van der Waals surface area contributed by atoms with Crippen molar-refractivity contribution in [2.24, 2.45) is 16.3 Å². The lowest BCUT2D eigenvalue weighted by Crippen LogP contribution is -2.50. The van der Waals surface area contributed by atoms with Crippen LogP contribution in [0, 0.1) is 5.41 Å². The van der Waals surface area contributed by atoms with Crippen LogP contribution in [0.5, 0.6) is 0 Å². The lowest BCUT2D eigenvalue weighted by atomic mass is 9.83. The van der Waals surface area contributed by atoms with Crippen molar-refractivity contribution in [1.29, 1.82) is 0 Å². The summed E-state index contributed by atoms with van der Waals surface area (Å²) >= 11 is 0. The molecule has 1 aromatic carbocycles. The fraction of sp³-hybridized carbons (Fsp3) is 0.467. The van der Waals surface area contributed by atoms with Crippen LogP contribution < -0.4 is 5.73 Å². The molecule has 1 atom stereocenters. The highest BCUT2D eigenvalue weighted by atomic mass is 16.4. The molecule has 1 aromatic rings. The van der Waals surface area contributed by atoms with Crippen molar-refractivity contribution in [3.63, 3.8) is 0 Å². The van der Waals surface area contributed by atoms with E-state index in [0.717, 1.165) is 6.42 Å². The fourth-order valence-corrected chi connectivity index (χ4v) is 2.57. The predicted molar refractivity (Wildman–Crippen MR) is 77.4 cm³/mol. The van der Waals surface area contributed by atoms with Gasteiger partial charge in [0.25, 0.3) is 0 Å². The molecule has 3 N–H and O–H groups in total. The molecule has 0 aromatic heterocycles. The average Bonchev–Trinajstić information content (AvgIpc) is 2.52. The van der Waals surface area contributed by atoms with E-state index >= 15 is 0 Å². The Morgan fingerprint density at radius 2 is 2.10 bits per heavy atom. The third kappa shape index (κ3) is 2.35. The maximum atomic E-state index is 12.7. The zero-order chi connectivity index (χ0) is 14.8. The van der Waals surface area contributed by atoms with Crippen molar-refractivity contribution in [3.8, 4) is 0 Å². The molecule has 0 radical (unpaired) electrons. The van der Waals surface area contributed by atoms with Gasteiger partial charge in [0.1, 0.15) is 5.41 Å². The second-order valence-electron chi connectivity index (χ2n) is 5.42. The van der Waals surface area contributed by atoms with E-state index in [1.165, 1.54) is 11.1 Å². The number of amidine groups is 1. The lowest BCUT2D eigenvalue weighted by molar-refractivity contribution is -0.138. The molecule has 2 rings (SSSR count). The Kier molecular flexibility index (Phi) is 3.97. The monoisotopic (exact) mass is 275 g/mol. The van der Waals surface area contributed by atoms with Gasteiger partial charge in [-0.25, -0.2) is 0 Å². The molecule has 0 fully saturated rings. The number of hydrogen-bond acceptors (Lipinski definition) is 3.